The van der Waals surface area contributed by atoms with Gasteiger partial charge in [-0.05, 0) is 12.1 Å². The second-order valence-electron chi connectivity index (χ2n) is 6.73. The Morgan fingerprint density at radius 3 is 2.26 bits per heavy atom. The molecule has 0 unspecified atom stereocenters. The van der Waals surface area contributed by atoms with Crippen LogP contribution >= 0.6 is 0 Å². The molecule has 1 N–H and O–H groups in total. The summed E-state index contributed by atoms with van der Waals surface area (Å²) in [6.45, 7) is 6.35. The maximum Gasteiger partial charge on any atom is 0.233 e. The zero-order valence-corrected chi connectivity index (χ0v) is 15.6. The molecule has 0 radical (unpaired) electrons. The van der Waals surface area contributed by atoms with Gasteiger partial charge in [-0.2, -0.15) is 0 Å². The largest absolute Gasteiger partial charge is 0.378 e. The van der Waals surface area contributed by atoms with Crippen LogP contribution in [0, 0.1) is 0 Å². The van der Waals surface area contributed by atoms with Crippen LogP contribution in [0.5, 0.6) is 0 Å². The van der Waals surface area contributed by atoms with Crippen molar-refractivity contribution < 1.29 is 19.1 Å². The van der Waals surface area contributed by atoms with Crippen molar-refractivity contribution in [2.75, 3.05) is 62.7 Å². The van der Waals surface area contributed by atoms with E-state index in [1.807, 2.05) is 24.3 Å². The van der Waals surface area contributed by atoms with Crippen LogP contribution in [0.4, 0.5) is 11.4 Å². The Bertz CT molecular complexity index is 695. The van der Waals surface area contributed by atoms with E-state index in [4.69, 9.17) is 4.74 Å². The molecule has 3 rings (SSSR count). The van der Waals surface area contributed by atoms with E-state index < -0.39 is 0 Å². The van der Waals surface area contributed by atoms with Crippen LogP contribution in [0.15, 0.2) is 24.3 Å². The molecule has 3 amide bonds. The monoisotopic (exact) mass is 374 g/mol. The third-order valence-corrected chi connectivity index (χ3v) is 4.92. The van der Waals surface area contributed by atoms with E-state index in [1.165, 1.54) is 6.92 Å². The number of anilines is 2. The zero-order valence-electron chi connectivity index (χ0n) is 15.6. The second-order valence-corrected chi connectivity index (χ2v) is 6.73. The zero-order chi connectivity index (χ0) is 19.2. The molecule has 0 bridgehead atoms. The smallest absolute Gasteiger partial charge is 0.233 e. The van der Waals surface area contributed by atoms with Crippen LogP contribution in [-0.4, -0.2) is 80.0 Å². The number of carbonyl (C=O) groups excluding carboxylic acids is 3. The van der Waals surface area contributed by atoms with E-state index in [-0.39, 0.29) is 24.1 Å². The van der Waals surface area contributed by atoms with Gasteiger partial charge in [-0.3, -0.25) is 14.4 Å². The van der Waals surface area contributed by atoms with Gasteiger partial charge in [-0.25, -0.2) is 0 Å². The molecule has 0 aromatic heterocycles. The van der Waals surface area contributed by atoms with E-state index in [0.29, 0.717) is 45.1 Å². The van der Waals surface area contributed by atoms with Gasteiger partial charge in [0.25, 0.3) is 0 Å². The minimum atomic E-state index is -0.324. The maximum atomic E-state index is 12.4. The molecule has 2 heterocycles. The summed E-state index contributed by atoms with van der Waals surface area (Å²) < 4.78 is 5.38. The predicted octanol–water partition coefficient (Wildman–Crippen LogP) is 0.543. The van der Waals surface area contributed by atoms with E-state index in [9.17, 15) is 14.4 Å². The first-order valence-corrected chi connectivity index (χ1v) is 9.29. The number of ether oxygens (including phenoxy) is 1. The summed E-state index contributed by atoms with van der Waals surface area (Å²) in [5, 5.41) is 2.87. The minimum absolute atomic E-state index is 0.0135. The molecule has 0 atom stereocenters. The fourth-order valence-corrected chi connectivity index (χ4v) is 3.37. The average molecular weight is 374 g/mol. The fourth-order valence-electron chi connectivity index (χ4n) is 3.37. The van der Waals surface area contributed by atoms with Crippen LogP contribution in [0.3, 0.4) is 0 Å². The first-order chi connectivity index (χ1) is 13.0. The number of piperazine rings is 1. The normalized spacial score (nSPS) is 17.6. The lowest BCUT2D eigenvalue weighted by molar-refractivity contribution is -0.140. The van der Waals surface area contributed by atoms with Gasteiger partial charge in [0.05, 0.1) is 24.6 Å². The molecule has 1 aromatic rings. The first-order valence-electron chi connectivity index (χ1n) is 9.29. The van der Waals surface area contributed by atoms with Crippen molar-refractivity contribution >= 4 is 29.1 Å². The van der Waals surface area contributed by atoms with Gasteiger partial charge in [0.15, 0.2) is 0 Å². The summed E-state index contributed by atoms with van der Waals surface area (Å²) in [7, 11) is 0. The Labute approximate surface area is 159 Å². The lowest BCUT2D eigenvalue weighted by Gasteiger charge is -2.34. The lowest BCUT2D eigenvalue weighted by atomic mass is 10.2. The summed E-state index contributed by atoms with van der Waals surface area (Å²) in [5.74, 6) is -0.520. The highest BCUT2D eigenvalue weighted by Gasteiger charge is 2.24. The number of hydrogen-bond donors (Lipinski definition) is 1. The van der Waals surface area contributed by atoms with E-state index in [0.717, 1.165) is 18.8 Å². The fraction of sp³-hybridized carbons (Fsp3) is 0.526. The van der Waals surface area contributed by atoms with Crippen LogP contribution in [0.2, 0.25) is 0 Å². The van der Waals surface area contributed by atoms with Gasteiger partial charge in [-0.1, -0.05) is 12.1 Å². The van der Waals surface area contributed by atoms with Crippen molar-refractivity contribution in [2.45, 2.75) is 13.3 Å². The number of para-hydroxylation sites is 2. The molecule has 2 saturated heterocycles. The minimum Gasteiger partial charge on any atom is -0.378 e. The van der Waals surface area contributed by atoms with Crippen molar-refractivity contribution in [2.24, 2.45) is 0 Å². The van der Waals surface area contributed by atoms with Gasteiger partial charge in [0, 0.05) is 46.2 Å². The number of amides is 3. The summed E-state index contributed by atoms with van der Waals surface area (Å²) in [4.78, 5) is 41.7. The highest BCUT2D eigenvalue weighted by molar-refractivity contribution is 6.05. The predicted molar refractivity (Wildman–Crippen MR) is 102 cm³/mol. The van der Waals surface area contributed by atoms with Crippen LogP contribution < -0.4 is 10.2 Å². The number of rotatable bonds is 4. The maximum absolute atomic E-state index is 12.4. The molecule has 8 heteroatoms. The molecule has 2 aliphatic rings. The van der Waals surface area contributed by atoms with Gasteiger partial charge in [0.2, 0.25) is 17.7 Å². The van der Waals surface area contributed by atoms with E-state index >= 15 is 0 Å². The van der Waals surface area contributed by atoms with Gasteiger partial charge < -0.3 is 24.8 Å². The highest BCUT2D eigenvalue weighted by atomic mass is 16.5. The molecule has 2 aliphatic heterocycles. The summed E-state index contributed by atoms with van der Waals surface area (Å²) >= 11 is 0. The van der Waals surface area contributed by atoms with Crippen molar-refractivity contribution in [3.63, 3.8) is 0 Å². The van der Waals surface area contributed by atoms with Gasteiger partial charge in [-0.15, -0.1) is 0 Å². The molecule has 0 aliphatic carbocycles. The standard InChI is InChI=1S/C19H26N4O4/c1-15(24)21-6-8-23(9-7-21)19(26)14-18(25)20-16-4-2-3-5-17(16)22-10-12-27-13-11-22/h2-5H,6-14H2,1H3,(H,20,25). The average Bonchev–Trinajstić information content (AvgIpc) is 2.69. The lowest BCUT2D eigenvalue weighted by Crippen LogP contribution is -2.50. The second kappa shape index (κ2) is 8.85. The first kappa shape index (κ1) is 19.2. The molecule has 146 valence electrons. The number of nitrogens with zero attached hydrogens (tertiary/aromatic N) is 3. The van der Waals surface area contributed by atoms with Crippen LogP contribution in [-0.2, 0) is 19.1 Å². The highest BCUT2D eigenvalue weighted by Crippen LogP contribution is 2.26. The molecule has 2 fully saturated rings. The Morgan fingerprint density at radius 2 is 1.59 bits per heavy atom. The quantitative estimate of drug-likeness (QED) is 0.778. The van der Waals surface area contributed by atoms with Crippen molar-refractivity contribution in [3.05, 3.63) is 24.3 Å². The summed E-state index contributed by atoms with van der Waals surface area (Å²) in [6, 6.07) is 7.60. The topological polar surface area (TPSA) is 82.2 Å². The third kappa shape index (κ3) is 4.97. The van der Waals surface area contributed by atoms with Gasteiger partial charge >= 0.3 is 0 Å². The molecular weight excluding hydrogens is 348 g/mol. The number of carbonyl (C=O) groups is 3. The number of benzene rings is 1. The number of nitrogens with one attached hydrogen (secondary N) is 1. The van der Waals surface area contributed by atoms with Crippen molar-refractivity contribution in [1.29, 1.82) is 0 Å². The van der Waals surface area contributed by atoms with E-state index in [2.05, 4.69) is 10.2 Å². The Morgan fingerprint density at radius 1 is 0.963 bits per heavy atom. The Hall–Kier alpha value is -2.61. The Kier molecular flexibility index (Phi) is 6.28. The molecule has 27 heavy (non-hydrogen) atoms. The SMILES string of the molecule is CC(=O)N1CCN(C(=O)CC(=O)Nc2ccccc2N2CCOCC2)CC1. The van der Waals surface area contributed by atoms with Crippen LogP contribution in [0.25, 0.3) is 0 Å². The molecule has 0 spiro atoms. The van der Waals surface area contributed by atoms with E-state index in [1.54, 1.807) is 9.80 Å². The van der Waals surface area contributed by atoms with Crippen molar-refractivity contribution in [1.82, 2.24) is 9.80 Å². The number of morpholine rings is 1. The number of hydrogen-bond acceptors (Lipinski definition) is 5. The molecular formula is C19H26N4O4. The summed E-state index contributed by atoms with van der Waals surface area (Å²) in [5.41, 5.74) is 1.65. The molecule has 0 saturated carbocycles. The Balaban J connectivity index is 1.55. The van der Waals surface area contributed by atoms with Crippen molar-refractivity contribution in [3.8, 4) is 0 Å². The molecule has 1 aromatic carbocycles. The molecule has 8 nitrogen and oxygen atoms in total. The third-order valence-electron chi connectivity index (χ3n) is 4.92. The van der Waals surface area contributed by atoms with Gasteiger partial charge in [0.1, 0.15) is 6.42 Å². The van der Waals surface area contributed by atoms with Crippen LogP contribution in [0.1, 0.15) is 13.3 Å². The summed E-state index contributed by atoms with van der Waals surface area (Å²) in [6.07, 6.45) is -0.197.